The fourth-order valence-corrected chi connectivity index (χ4v) is 2.69. The van der Waals surface area contributed by atoms with Gasteiger partial charge in [-0.15, -0.1) is 0 Å². The summed E-state index contributed by atoms with van der Waals surface area (Å²) in [4.78, 5) is 16.6. The quantitative estimate of drug-likeness (QED) is 0.476. The number of benzene rings is 2. The number of halogens is 1. The highest BCUT2D eigenvalue weighted by molar-refractivity contribution is 6.24. The predicted octanol–water partition coefficient (Wildman–Crippen LogP) is 3.59. The zero-order valence-corrected chi connectivity index (χ0v) is 9.85. The minimum Gasteiger partial charge on any atom is -0.287 e. The van der Waals surface area contributed by atoms with Crippen molar-refractivity contribution in [2.45, 2.75) is 0 Å². The molecular formula is C16H8FNO. The van der Waals surface area contributed by atoms with Gasteiger partial charge in [-0.2, -0.15) is 0 Å². The first-order valence-electron chi connectivity index (χ1n) is 5.98. The van der Waals surface area contributed by atoms with E-state index in [4.69, 9.17) is 0 Å². The molecule has 0 aliphatic heterocycles. The van der Waals surface area contributed by atoms with Crippen LogP contribution in [-0.4, -0.2) is 10.8 Å². The number of aromatic nitrogens is 1. The second kappa shape index (κ2) is 3.48. The summed E-state index contributed by atoms with van der Waals surface area (Å²) in [5.41, 5.74) is 2.48. The van der Waals surface area contributed by atoms with Crippen LogP contribution in [0.1, 0.15) is 16.1 Å². The molecule has 3 aromatic rings. The minimum atomic E-state index is -0.337. The molecule has 3 heteroatoms. The van der Waals surface area contributed by atoms with Crippen molar-refractivity contribution in [3.8, 4) is 11.1 Å². The molecule has 0 saturated heterocycles. The van der Waals surface area contributed by atoms with Gasteiger partial charge in [-0.05, 0) is 40.8 Å². The summed E-state index contributed by atoms with van der Waals surface area (Å²) in [6.45, 7) is 0. The fraction of sp³-hybridized carbons (Fsp3) is 0. The number of ketones is 1. The number of carbonyl (C=O) groups is 1. The molecule has 1 heterocycles. The molecule has 1 aliphatic rings. The standard InChI is InChI=1S/C16H8FNO/c17-10-4-5-12-13(8-10)11-3-1-2-9-6-7-18-15(14(9)11)16(12)19/h1-8H. The first-order valence-corrected chi connectivity index (χ1v) is 5.98. The van der Waals surface area contributed by atoms with Gasteiger partial charge >= 0.3 is 0 Å². The first kappa shape index (κ1) is 10.4. The van der Waals surface area contributed by atoms with Crippen LogP contribution in [0, 0.1) is 5.82 Å². The summed E-state index contributed by atoms with van der Waals surface area (Å²) in [5, 5.41) is 1.76. The molecule has 19 heavy (non-hydrogen) atoms. The lowest BCUT2D eigenvalue weighted by molar-refractivity contribution is 0.103. The van der Waals surface area contributed by atoms with Crippen LogP contribution in [0.15, 0.2) is 48.7 Å². The van der Waals surface area contributed by atoms with Crippen LogP contribution in [0.2, 0.25) is 0 Å². The molecular weight excluding hydrogens is 241 g/mol. The van der Waals surface area contributed by atoms with E-state index in [0.717, 1.165) is 16.3 Å². The summed E-state index contributed by atoms with van der Waals surface area (Å²) >= 11 is 0. The topological polar surface area (TPSA) is 30.0 Å². The number of hydrogen-bond donors (Lipinski definition) is 0. The van der Waals surface area contributed by atoms with E-state index in [0.29, 0.717) is 16.8 Å². The van der Waals surface area contributed by atoms with E-state index in [2.05, 4.69) is 4.98 Å². The highest BCUT2D eigenvalue weighted by Gasteiger charge is 2.26. The van der Waals surface area contributed by atoms with Gasteiger partial charge in [-0.1, -0.05) is 18.2 Å². The van der Waals surface area contributed by atoms with E-state index < -0.39 is 0 Å². The molecule has 0 unspecified atom stereocenters. The maximum absolute atomic E-state index is 13.5. The molecule has 0 radical (unpaired) electrons. The minimum absolute atomic E-state index is 0.140. The van der Waals surface area contributed by atoms with Gasteiger partial charge in [0.2, 0.25) is 5.78 Å². The van der Waals surface area contributed by atoms with Gasteiger partial charge in [0, 0.05) is 17.1 Å². The number of carbonyl (C=O) groups excluding carboxylic acids is 1. The van der Waals surface area contributed by atoms with Crippen molar-refractivity contribution in [1.82, 2.24) is 4.98 Å². The third kappa shape index (κ3) is 1.30. The number of pyridine rings is 1. The Labute approximate surface area is 108 Å². The average Bonchev–Trinajstić information content (AvgIpc) is 2.44. The van der Waals surface area contributed by atoms with E-state index >= 15 is 0 Å². The predicted molar refractivity (Wildman–Crippen MR) is 70.6 cm³/mol. The number of nitrogens with zero attached hydrogens (tertiary/aromatic N) is 1. The van der Waals surface area contributed by atoms with Gasteiger partial charge in [0.05, 0.1) is 0 Å². The van der Waals surface area contributed by atoms with Crippen LogP contribution in [0.3, 0.4) is 0 Å². The largest absolute Gasteiger partial charge is 0.287 e. The summed E-state index contributed by atoms with van der Waals surface area (Å²) in [6.07, 6.45) is 1.63. The lowest BCUT2D eigenvalue weighted by atomic mass is 9.85. The van der Waals surface area contributed by atoms with Gasteiger partial charge in [0.25, 0.3) is 0 Å². The Kier molecular flexibility index (Phi) is 1.90. The maximum atomic E-state index is 13.5. The molecule has 1 aromatic heterocycles. The number of rotatable bonds is 0. The SMILES string of the molecule is O=C1c2ccc(F)cc2-c2cccc3ccnc1c23. The van der Waals surface area contributed by atoms with Gasteiger partial charge in [-0.3, -0.25) is 9.78 Å². The normalized spacial score (nSPS) is 12.6. The number of hydrogen-bond acceptors (Lipinski definition) is 2. The molecule has 0 bridgehead atoms. The molecule has 0 spiro atoms. The van der Waals surface area contributed by atoms with Crippen LogP contribution in [0.5, 0.6) is 0 Å². The Hall–Kier alpha value is -2.55. The fourth-order valence-electron chi connectivity index (χ4n) is 2.69. The molecule has 2 nitrogen and oxygen atoms in total. The zero-order valence-electron chi connectivity index (χ0n) is 9.85. The van der Waals surface area contributed by atoms with E-state index in [-0.39, 0.29) is 11.6 Å². The molecule has 0 N–H and O–H groups in total. The Morgan fingerprint density at radius 3 is 2.74 bits per heavy atom. The summed E-state index contributed by atoms with van der Waals surface area (Å²) in [5.74, 6) is -0.477. The van der Waals surface area contributed by atoms with Crippen LogP contribution < -0.4 is 0 Å². The van der Waals surface area contributed by atoms with Crippen LogP contribution in [-0.2, 0) is 0 Å². The molecule has 0 amide bonds. The third-order valence-electron chi connectivity index (χ3n) is 3.52. The maximum Gasteiger partial charge on any atom is 0.212 e. The highest BCUT2D eigenvalue weighted by Crippen LogP contribution is 2.38. The smallest absolute Gasteiger partial charge is 0.212 e. The van der Waals surface area contributed by atoms with Crippen molar-refractivity contribution in [2.75, 3.05) is 0 Å². The molecule has 0 fully saturated rings. The second-order valence-corrected chi connectivity index (χ2v) is 4.58. The Morgan fingerprint density at radius 1 is 0.947 bits per heavy atom. The van der Waals surface area contributed by atoms with Crippen molar-refractivity contribution < 1.29 is 9.18 Å². The van der Waals surface area contributed by atoms with Crippen molar-refractivity contribution in [1.29, 1.82) is 0 Å². The number of fused-ring (bicyclic) bond motifs is 2. The summed E-state index contributed by atoms with van der Waals surface area (Å²) in [6, 6.07) is 11.9. The van der Waals surface area contributed by atoms with Gasteiger partial charge in [0.15, 0.2) is 0 Å². The highest BCUT2D eigenvalue weighted by atomic mass is 19.1. The van der Waals surface area contributed by atoms with Gasteiger partial charge in [-0.25, -0.2) is 4.39 Å². The molecule has 90 valence electrons. The van der Waals surface area contributed by atoms with E-state index in [1.54, 1.807) is 6.20 Å². The van der Waals surface area contributed by atoms with Crippen molar-refractivity contribution in [3.63, 3.8) is 0 Å². The third-order valence-corrected chi connectivity index (χ3v) is 3.52. The molecule has 4 rings (SSSR count). The molecule has 1 aliphatic carbocycles. The van der Waals surface area contributed by atoms with Crippen molar-refractivity contribution in [2.24, 2.45) is 0 Å². The lowest BCUT2D eigenvalue weighted by Gasteiger charge is -2.18. The van der Waals surface area contributed by atoms with Gasteiger partial charge < -0.3 is 0 Å². The Morgan fingerprint density at radius 2 is 1.84 bits per heavy atom. The Bertz CT molecular complexity index is 849. The van der Waals surface area contributed by atoms with Crippen LogP contribution in [0.25, 0.3) is 21.9 Å². The summed E-state index contributed by atoms with van der Waals surface area (Å²) in [7, 11) is 0. The second-order valence-electron chi connectivity index (χ2n) is 4.58. The summed E-state index contributed by atoms with van der Waals surface area (Å²) < 4.78 is 13.5. The van der Waals surface area contributed by atoms with E-state index in [1.807, 2.05) is 24.3 Å². The molecule has 0 atom stereocenters. The molecule has 2 aromatic carbocycles. The van der Waals surface area contributed by atoms with Gasteiger partial charge in [0.1, 0.15) is 11.5 Å². The average molecular weight is 249 g/mol. The van der Waals surface area contributed by atoms with E-state index in [1.165, 1.54) is 18.2 Å². The lowest BCUT2D eigenvalue weighted by Crippen LogP contribution is -2.12. The van der Waals surface area contributed by atoms with Crippen molar-refractivity contribution >= 4 is 16.6 Å². The monoisotopic (exact) mass is 249 g/mol. The Balaban J connectivity index is 2.25. The van der Waals surface area contributed by atoms with Crippen LogP contribution in [0.4, 0.5) is 4.39 Å². The zero-order chi connectivity index (χ0) is 13.0. The first-order chi connectivity index (χ1) is 9.25. The molecule has 0 saturated carbocycles. The van der Waals surface area contributed by atoms with Crippen LogP contribution >= 0.6 is 0 Å². The van der Waals surface area contributed by atoms with Crippen molar-refractivity contribution in [3.05, 3.63) is 65.7 Å². The van der Waals surface area contributed by atoms with E-state index in [9.17, 15) is 9.18 Å².